The van der Waals surface area contributed by atoms with Gasteiger partial charge in [-0.2, -0.15) is 13.1 Å². The molecule has 2 N–H and O–H groups in total. The smallest absolute Gasteiger partial charge is 0.327 e. The Bertz CT molecular complexity index is 268. The van der Waals surface area contributed by atoms with Crippen molar-refractivity contribution in [3.63, 3.8) is 0 Å². The molecule has 1 rings (SSSR count). The molecule has 0 saturated carbocycles. The van der Waals surface area contributed by atoms with Crippen molar-refractivity contribution < 1.29 is 17.2 Å². The summed E-state index contributed by atoms with van der Waals surface area (Å²) >= 11 is 0. The van der Waals surface area contributed by atoms with Crippen LogP contribution in [-0.2, 0) is 10.0 Å². The lowest BCUT2D eigenvalue weighted by molar-refractivity contribution is 0.210. The molecule has 1 saturated heterocycles. The number of hydrogen-bond acceptors (Lipinski definition) is 3. The van der Waals surface area contributed by atoms with Crippen LogP contribution in [0.4, 0.5) is 8.78 Å². The second kappa shape index (κ2) is 3.85. The number of rotatable bonds is 2. The van der Waals surface area contributed by atoms with Gasteiger partial charge in [0.2, 0.25) is 0 Å². The van der Waals surface area contributed by atoms with E-state index < -0.39 is 15.8 Å². The molecule has 4 nitrogen and oxygen atoms in total. The number of piperidine rings is 1. The topological polar surface area (TPSA) is 63.4 Å². The molecule has 13 heavy (non-hydrogen) atoms. The Balaban J connectivity index is 2.71. The van der Waals surface area contributed by atoms with Crippen molar-refractivity contribution in [1.29, 1.82) is 0 Å². The molecule has 0 aromatic rings. The molecule has 1 unspecified atom stereocenters. The van der Waals surface area contributed by atoms with Crippen molar-refractivity contribution in [3.8, 4) is 0 Å². The molecule has 1 heterocycles. The average Bonchev–Trinajstić information content (AvgIpc) is 2.04. The minimum atomic E-state index is -4.41. The highest BCUT2D eigenvalue weighted by Crippen LogP contribution is 2.17. The first-order chi connectivity index (χ1) is 5.94. The minimum Gasteiger partial charge on any atom is -0.327 e. The van der Waals surface area contributed by atoms with Gasteiger partial charge in [0.1, 0.15) is 0 Å². The monoisotopic (exact) mass is 214 g/mol. The zero-order valence-corrected chi connectivity index (χ0v) is 7.80. The van der Waals surface area contributed by atoms with Gasteiger partial charge in [-0.1, -0.05) is 0 Å². The maximum Gasteiger partial charge on any atom is 0.350 e. The Labute approximate surface area is 75.7 Å². The van der Waals surface area contributed by atoms with E-state index in [4.69, 9.17) is 5.73 Å². The number of hydrogen-bond donors (Lipinski definition) is 1. The third kappa shape index (κ3) is 2.35. The number of nitrogens with zero attached hydrogens (tertiary/aromatic N) is 1. The molecule has 1 aliphatic heterocycles. The van der Waals surface area contributed by atoms with Gasteiger partial charge in [0.25, 0.3) is 10.0 Å². The zero-order chi connectivity index (χ0) is 10.1. The lowest BCUT2D eigenvalue weighted by Crippen LogP contribution is -2.47. The second-order valence-corrected chi connectivity index (χ2v) is 4.97. The van der Waals surface area contributed by atoms with Gasteiger partial charge < -0.3 is 5.73 Å². The molecule has 0 aromatic carbocycles. The van der Waals surface area contributed by atoms with Crippen LogP contribution in [0.25, 0.3) is 0 Å². The van der Waals surface area contributed by atoms with Gasteiger partial charge in [-0.15, -0.1) is 0 Å². The van der Waals surface area contributed by atoms with Gasteiger partial charge in [0.15, 0.2) is 0 Å². The first kappa shape index (κ1) is 10.8. The van der Waals surface area contributed by atoms with E-state index in [9.17, 15) is 17.2 Å². The Morgan fingerprint density at radius 2 is 2.08 bits per heavy atom. The van der Waals surface area contributed by atoms with E-state index >= 15 is 0 Å². The lowest BCUT2D eigenvalue weighted by atomic mass is 10.1. The summed E-state index contributed by atoms with van der Waals surface area (Å²) in [4.78, 5) is 0. The quantitative estimate of drug-likeness (QED) is 0.701. The van der Waals surface area contributed by atoms with Crippen molar-refractivity contribution in [2.75, 3.05) is 13.1 Å². The van der Waals surface area contributed by atoms with E-state index in [1.807, 2.05) is 0 Å². The predicted octanol–water partition coefficient (Wildman–Crippen LogP) is -0.0381. The SMILES string of the molecule is NC1CCCN(S(=O)(=O)C(F)F)C1. The van der Waals surface area contributed by atoms with Crippen LogP contribution < -0.4 is 5.73 Å². The summed E-state index contributed by atoms with van der Waals surface area (Å²) in [6.45, 7) is 0.160. The highest BCUT2D eigenvalue weighted by atomic mass is 32.2. The van der Waals surface area contributed by atoms with Gasteiger partial charge >= 0.3 is 5.76 Å². The molecule has 1 atom stereocenters. The summed E-state index contributed by atoms with van der Waals surface area (Å²) in [7, 11) is -4.41. The standard InChI is InChI=1S/C6H12F2N2O2S/c7-6(8)13(11,12)10-3-1-2-5(9)4-10/h5-6H,1-4,9H2. The molecular weight excluding hydrogens is 202 g/mol. The zero-order valence-electron chi connectivity index (χ0n) is 6.99. The molecule has 78 valence electrons. The number of nitrogens with two attached hydrogens (primary N) is 1. The summed E-state index contributed by atoms with van der Waals surface area (Å²) < 4.78 is 46.8. The van der Waals surface area contributed by atoms with E-state index in [0.717, 1.165) is 4.31 Å². The van der Waals surface area contributed by atoms with E-state index in [1.165, 1.54) is 0 Å². The molecule has 0 radical (unpaired) electrons. The van der Waals surface area contributed by atoms with Crippen LogP contribution in [0.1, 0.15) is 12.8 Å². The van der Waals surface area contributed by atoms with E-state index in [0.29, 0.717) is 12.8 Å². The fraction of sp³-hybridized carbons (Fsp3) is 1.00. The van der Waals surface area contributed by atoms with Crippen molar-refractivity contribution in [2.24, 2.45) is 5.73 Å². The fourth-order valence-corrected chi connectivity index (χ4v) is 2.33. The number of halogens is 2. The molecule has 0 aromatic heterocycles. The molecule has 1 fully saturated rings. The maximum atomic E-state index is 12.1. The molecule has 0 aliphatic carbocycles. The van der Waals surface area contributed by atoms with Crippen molar-refractivity contribution in [2.45, 2.75) is 24.6 Å². The third-order valence-corrected chi connectivity index (χ3v) is 3.51. The van der Waals surface area contributed by atoms with Gasteiger partial charge in [0, 0.05) is 19.1 Å². The molecule has 0 spiro atoms. The van der Waals surface area contributed by atoms with Crippen LogP contribution in [0.3, 0.4) is 0 Å². The number of alkyl halides is 2. The highest BCUT2D eigenvalue weighted by molar-refractivity contribution is 7.89. The first-order valence-corrected chi connectivity index (χ1v) is 5.47. The van der Waals surface area contributed by atoms with Gasteiger partial charge in [-0.05, 0) is 12.8 Å². The maximum absolute atomic E-state index is 12.1. The Morgan fingerprint density at radius 1 is 1.46 bits per heavy atom. The Kier molecular flexibility index (Phi) is 3.20. The first-order valence-electron chi connectivity index (χ1n) is 3.97. The van der Waals surface area contributed by atoms with Crippen molar-refractivity contribution in [3.05, 3.63) is 0 Å². The van der Waals surface area contributed by atoms with Gasteiger partial charge in [-0.3, -0.25) is 0 Å². The van der Waals surface area contributed by atoms with Crippen molar-refractivity contribution >= 4 is 10.0 Å². The fourth-order valence-electron chi connectivity index (χ4n) is 1.32. The van der Waals surface area contributed by atoms with Crippen LogP contribution in [0.15, 0.2) is 0 Å². The Morgan fingerprint density at radius 3 is 2.54 bits per heavy atom. The van der Waals surface area contributed by atoms with Gasteiger partial charge in [0.05, 0.1) is 0 Å². The average molecular weight is 214 g/mol. The largest absolute Gasteiger partial charge is 0.350 e. The lowest BCUT2D eigenvalue weighted by Gasteiger charge is -2.29. The van der Waals surface area contributed by atoms with E-state index in [2.05, 4.69) is 0 Å². The molecule has 1 aliphatic rings. The summed E-state index contributed by atoms with van der Waals surface area (Å²) in [5, 5.41) is 0. The minimum absolute atomic E-state index is 0.00662. The summed E-state index contributed by atoms with van der Waals surface area (Å²) in [6.07, 6.45) is 1.24. The summed E-state index contributed by atoms with van der Waals surface area (Å²) in [5.41, 5.74) is 5.47. The number of sulfonamides is 1. The third-order valence-electron chi connectivity index (χ3n) is 2.01. The van der Waals surface area contributed by atoms with Crippen LogP contribution >= 0.6 is 0 Å². The van der Waals surface area contributed by atoms with E-state index in [-0.39, 0.29) is 19.1 Å². The Hall–Kier alpha value is -0.270. The van der Waals surface area contributed by atoms with Crippen LogP contribution in [0, 0.1) is 0 Å². The van der Waals surface area contributed by atoms with Gasteiger partial charge in [-0.25, -0.2) is 8.42 Å². The van der Waals surface area contributed by atoms with Crippen LogP contribution in [0.2, 0.25) is 0 Å². The molecule has 0 bridgehead atoms. The second-order valence-electron chi connectivity index (χ2n) is 3.07. The molecule has 7 heteroatoms. The predicted molar refractivity (Wildman–Crippen MR) is 43.7 cm³/mol. The molecule has 0 amide bonds. The van der Waals surface area contributed by atoms with Crippen molar-refractivity contribution in [1.82, 2.24) is 4.31 Å². The van der Waals surface area contributed by atoms with Crippen LogP contribution in [0.5, 0.6) is 0 Å². The highest BCUT2D eigenvalue weighted by Gasteiger charge is 2.34. The molecular formula is C6H12F2N2O2S. The van der Waals surface area contributed by atoms with E-state index in [1.54, 1.807) is 0 Å². The normalized spacial score (nSPS) is 26.6. The summed E-state index contributed by atoms with van der Waals surface area (Å²) in [6, 6.07) is -0.317. The summed E-state index contributed by atoms with van der Waals surface area (Å²) in [5.74, 6) is -3.34. The van der Waals surface area contributed by atoms with Crippen LogP contribution in [-0.4, -0.2) is 37.6 Å².